The average molecular weight is 447 g/mol. The maximum Gasteiger partial charge on any atom is 0.264 e. The summed E-state index contributed by atoms with van der Waals surface area (Å²) in [6.45, 7) is 2.25. The SMILES string of the molecule is Cc1ccc(N(CC(=O)NCCSC2CCCCC2)S(=O)(=O)c2ccccc2)cc1. The predicted octanol–water partition coefficient (Wildman–Crippen LogP) is 4.37. The maximum absolute atomic E-state index is 13.2. The molecule has 0 bridgehead atoms. The van der Waals surface area contributed by atoms with Crippen LogP contribution in [0.25, 0.3) is 0 Å². The normalized spacial score (nSPS) is 15.0. The van der Waals surface area contributed by atoms with Crippen molar-refractivity contribution < 1.29 is 13.2 Å². The van der Waals surface area contributed by atoms with Crippen molar-refractivity contribution in [2.75, 3.05) is 23.1 Å². The number of nitrogens with zero attached hydrogens (tertiary/aromatic N) is 1. The van der Waals surface area contributed by atoms with E-state index >= 15 is 0 Å². The van der Waals surface area contributed by atoms with Crippen LogP contribution in [0.4, 0.5) is 5.69 Å². The van der Waals surface area contributed by atoms with Gasteiger partial charge in [-0.2, -0.15) is 11.8 Å². The number of carbonyl (C=O) groups is 1. The number of aryl methyl sites for hydroxylation is 1. The standard InChI is InChI=1S/C23H30N2O3S2/c1-19-12-14-20(15-13-19)25(30(27,28)22-10-6-3-7-11-22)18-23(26)24-16-17-29-21-8-4-2-5-9-21/h3,6-7,10-15,21H,2,4-5,8-9,16-18H2,1H3,(H,24,26). The summed E-state index contributed by atoms with van der Waals surface area (Å²) in [4.78, 5) is 12.8. The van der Waals surface area contributed by atoms with Crippen molar-refractivity contribution in [2.24, 2.45) is 0 Å². The van der Waals surface area contributed by atoms with Crippen molar-refractivity contribution in [3.63, 3.8) is 0 Å². The van der Waals surface area contributed by atoms with Gasteiger partial charge >= 0.3 is 0 Å². The van der Waals surface area contributed by atoms with Crippen LogP contribution in [0, 0.1) is 6.92 Å². The van der Waals surface area contributed by atoms with Gasteiger partial charge in [0.2, 0.25) is 5.91 Å². The highest BCUT2D eigenvalue weighted by Crippen LogP contribution is 2.28. The minimum absolute atomic E-state index is 0.172. The van der Waals surface area contributed by atoms with Gasteiger partial charge in [-0.15, -0.1) is 0 Å². The quantitative estimate of drug-likeness (QED) is 0.581. The second-order valence-corrected chi connectivity index (χ2v) is 10.9. The number of hydrogen-bond donors (Lipinski definition) is 1. The monoisotopic (exact) mass is 446 g/mol. The first-order valence-corrected chi connectivity index (χ1v) is 13.0. The maximum atomic E-state index is 13.2. The van der Waals surface area contributed by atoms with Gasteiger partial charge in [-0.05, 0) is 44.0 Å². The van der Waals surface area contributed by atoms with E-state index in [4.69, 9.17) is 0 Å². The molecule has 0 saturated heterocycles. The lowest BCUT2D eigenvalue weighted by atomic mass is 10.0. The van der Waals surface area contributed by atoms with Crippen LogP contribution in [0.3, 0.4) is 0 Å². The van der Waals surface area contributed by atoms with E-state index in [1.165, 1.54) is 36.4 Å². The molecule has 0 heterocycles. The van der Waals surface area contributed by atoms with Gasteiger partial charge in [0.1, 0.15) is 6.54 Å². The fourth-order valence-corrected chi connectivity index (χ4v) is 6.24. The summed E-state index contributed by atoms with van der Waals surface area (Å²) < 4.78 is 27.6. The van der Waals surface area contributed by atoms with E-state index in [0.717, 1.165) is 11.3 Å². The number of anilines is 1. The fourth-order valence-electron chi connectivity index (χ4n) is 3.58. The molecule has 1 aliphatic rings. The molecule has 0 aliphatic heterocycles. The van der Waals surface area contributed by atoms with Gasteiger partial charge in [-0.3, -0.25) is 9.10 Å². The van der Waals surface area contributed by atoms with Crippen molar-refractivity contribution in [1.82, 2.24) is 5.32 Å². The molecule has 5 nitrogen and oxygen atoms in total. The summed E-state index contributed by atoms with van der Waals surface area (Å²) >= 11 is 1.91. The van der Waals surface area contributed by atoms with Crippen molar-refractivity contribution in [3.8, 4) is 0 Å². The highest BCUT2D eigenvalue weighted by molar-refractivity contribution is 7.99. The van der Waals surface area contributed by atoms with Gasteiger partial charge in [-0.1, -0.05) is 55.2 Å². The largest absolute Gasteiger partial charge is 0.354 e. The number of nitrogens with one attached hydrogen (secondary N) is 1. The lowest BCUT2D eigenvalue weighted by molar-refractivity contribution is -0.119. The first-order chi connectivity index (χ1) is 14.5. The van der Waals surface area contributed by atoms with Crippen molar-refractivity contribution in [1.29, 1.82) is 0 Å². The minimum Gasteiger partial charge on any atom is -0.354 e. The van der Waals surface area contributed by atoms with Crippen LogP contribution in [-0.2, 0) is 14.8 Å². The van der Waals surface area contributed by atoms with Crippen LogP contribution in [0.15, 0.2) is 59.5 Å². The summed E-state index contributed by atoms with van der Waals surface area (Å²) in [5.74, 6) is 0.561. The van der Waals surface area contributed by atoms with E-state index in [1.54, 1.807) is 42.5 Å². The Labute approximate surface area is 184 Å². The van der Waals surface area contributed by atoms with Gasteiger partial charge < -0.3 is 5.32 Å². The number of benzene rings is 2. The summed E-state index contributed by atoms with van der Waals surface area (Å²) in [6.07, 6.45) is 6.45. The van der Waals surface area contributed by atoms with Crippen LogP contribution >= 0.6 is 11.8 Å². The number of thioether (sulfide) groups is 1. The molecule has 0 radical (unpaired) electrons. The smallest absolute Gasteiger partial charge is 0.264 e. The molecule has 0 atom stereocenters. The fraction of sp³-hybridized carbons (Fsp3) is 0.435. The highest BCUT2D eigenvalue weighted by atomic mass is 32.2. The zero-order valence-corrected chi connectivity index (χ0v) is 19.1. The van der Waals surface area contributed by atoms with Gasteiger partial charge in [0.15, 0.2) is 0 Å². The third kappa shape index (κ3) is 6.25. The molecule has 2 aromatic rings. The molecule has 7 heteroatoms. The molecule has 3 rings (SSSR count). The molecule has 162 valence electrons. The van der Waals surface area contributed by atoms with Gasteiger partial charge in [0.25, 0.3) is 10.0 Å². The molecule has 0 aromatic heterocycles. The molecule has 1 fully saturated rings. The molecule has 0 unspecified atom stereocenters. The molecule has 2 aromatic carbocycles. The third-order valence-corrected chi connectivity index (χ3v) is 8.44. The first-order valence-electron chi connectivity index (χ1n) is 10.5. The van der Waals surface area contributed by atoms with Gasteiger partial charge in [0.05, 0.1) is 10.6 Å². The van der Waals surface area contributed by atoms with Gasteiger partial charge in [0, 0.05) is 17.5 Å². The summed E-state index contributed by atoms with van der Waals surface area (Å²) in [5.41, 5.74) is 1.51. The number of rotatable bonds is 9. The Hall–Kier alpha value is -1.99. The zero-order chi connectivity index (χ0) is 21.4. The number of sulfonamides is 1. The second-order valence-electron chi connectivity index (χ2n) is 7.64. The van der Waals surface area contributed by atoms with Gasteiger partial charge in [-0.25, -0.2) is 8.42 Å². The third-order valence-electron chi connectivity index (χ3n) is 5.27. The molecule has 30 heavy (non-hydrogen) atoms. The molecule has 1 saturated carbocycles. The lowest BCUT2D eigenvalue weighted by Gasteiger charge is -2.24. The number of hydrogen-bond acceptors (Lipinski definition) is 4. The molecule has 1 aliphatic carbocycles. The Bertz CT molecular complexity index is 909. The summed E-state index contributed by atoms with van der Waals surface area (Å²) in [6, 6.07) is 15.4. The molecule has 1 amide bonds. The Balaban J connectivity index is 1.65. The highest BCUT2D eigenvalue weighted by Gasteiger charge is 2.27. The van der Waals surface area contributed by atoms with Crippen LogP contribution < -0.4 is 9.62 Å². The van der Waals surface area contributed by atoms with Crippen LogP contribution in [0.1, 0.15) is 37.7 Å². The van der Waals surface area contributed by atoms with E-state index in [-0.39, 0.29) is 17.3 Å². The van der Waals surface area contributed by atoms with E-state index in [9.17, 15) is 13.2 Å². The second kappa shape index (κ2) is 10.9. The lowest BCUT2D eigenvalue weighted by Crippen LogP contribution is -2.41. The van der Waals surface area contributed by atoms with E-state index in [2.05, 4.69) is 5.32 Å². The van der Waals surface area contributed by atoms with Crippen LogP contribution in [-0.4, -0.2) is 38.4 Å². The Morgan fingerprint density at radius 3 is 2.37 bits per heavy atom. The van der Waals surface area contributed by atoms with Crippen molar-refractivity contribution >= 4 is 33.4 Å². The van der Waals surface area contributed by atoms with Crippen LogP contribution in [0.2, 0.25) is 0 Å². The molecule has 0 spiro atoms. The molecule has 1 N–H and O–H groups in total. The Morgan fingerprint density at radius 1 is 1.03 bits per heavy atom. The molecular formula is C23H30N2O3S2. The van der Waals surface area contributed by atoms with Crippen molar-refractivity contribution in [3.05, 3.63) is 60.2 Å². The minimum atomic E-state index is -3.84. The Kier molecular flexibility index (Phi) is 8.22. The zero-order valence-electron chi connectivity index (χ0n) is 17.4. The summed E-state index contributed by atoms with van der Waals surface area (Å²) in [5, 5.41) is 3.58. The summed E-state index contributed by atoms with van der Waals surface area (Å²) in [7, 11) is -3.84. The van der Waals surface area contributed by atoms with E-state index < -0.39 is 10.0 Å². The molecular weight excluding hydrogens is 416 g/mol. The average Bonchev–Trinajstić information content (AvgIpc) is 2.77. The van der Waals surface area contributed by atoms with E-state index in [1.807, 2.05) is 30.8 Å². The number of carbonyl (C=O) groups excluding carboxylic acids is 1. The Morgan fingerprint density at radius 2 is 1.70 bits per heavy atom. The topological polar surface area (TPSA) is 66.5 Å². The first kappa shape index (κ1) is 22.7. The van der Waals surface area contributed by atoms with E-state index in [0.29, 0.717) is 17.5 Å². The van der Waals surface area contributed by atoms with Crippen molar-refractivity contribution in [2.45, 2.75) is 49.2 Å². The van der Waals surface area contributed by atoms with Crippen LogP contribution in [0.5, 0.6) is 0 Å². The predicted molar refractivity (Wildman–Crippen MR) is 124 cm³/mol. The number of amides is 1.